The van der Waals surface area contributed by atoms with Crippen molar-refractivity contribution in [2.75, 3.05) is 0 Å². The predicted molar refractivity (Wildman–Crippen MR) is 122 cm³/mol. The minimum absolute atomic E-state index is 0.373. The van der Waals surface area contributed by atoms with Crippen LogP contribution in [0.5, 0.6) is 5.75 Å². The Kier molecular flexibility index (Phi) is 6.10. The third kappa shape index (κ3) is 4.74. The maximum atomic E-state index is 11.4. The number of carbonyl (C=O) groups is 1. The van der Waals surface area contributed by atoms with Crippen LogP contribution in [0.2, 0.25) is 0 Å². The average molecular weight is 421 g/mol. The molecule has 4 aromatic rings. The fourth-order valence-corrected chi connectivity index (χ4v) is 3.17. The van der Waals surface area contributed by atoms with E-state index in [0.29, 0.717) is 23.6 Å². The van der Waals surface area contributed by atoms with Crippen LogP contribution in [0.4, 0.5) is 0 Å². The second kappa shape index (κ2) is 9.45. The summed E-state index contributed by atoms with van der Waals surface area (Å²) in [6.45, 7) is 7.63. The van der Waals surface area contributed by atoms with E-state index in [-0.39, 0.29) is 5.70 Å². The summed E-state index contributed by atoms with van der Waals surface area (Å²) in [5.74, 6) is -0.562. The number of nitrogens with zero attached hydrogens (tertiary/aromatic N) is 3. The molecule has 0 aliphatic heterocycles. The maximum absolute atomic E-state index is 11.4. The molecule has 0 fully saturated rings. The first-order valence-electron chi connectivity index (χ1n) is 9.89. The molecular weight excluding hydrogens is 402 g/mol. The summed E-state index contributed by atoms with van der Waals surface area (Å²) < 4.78 is 7.52. The van der Waals surface area contributed by atoms with Crippen LogP contribution in [0.15, 0.2) is 96.8 Å². The topological polar surface area (TPSA) is 68.7 Å². The number of benzene rings is 3. The molecule has 1 aromatic heterocycles. The molecule has 0 saturated carbocycles. The quantitative estimate of drug-likeness (QED) is 0.318. The van der Waals surface area contributed by atoms with E-state index >= 15 is 0 Å². The van der Waals surface area contributed by atoms with Gasteiger partial charge in [-0.2, -0.15) is 5.10 Å². The Hall–Kier alpha value is -4.63. The number of rotatable bonds is 7. The second-order valence-electron chi connectivity index (χ2n) is 6.96. The molecule has 3 aromatic carbocycles. The molecule has 0 aliphatic rings. The van der Waals surface area contributed by atoms with E-state index < -0.39 is 5.97 Å². The third-order valence-corrected chi connectivity index (χ3v) is 4.77. The lowest BCUT2D eigenvalue weighted by Crippen LogP contribution is -1.96. The Morgan fingerprint density at radius 3 is 2.28 bits per heavy atom. The lowest BCUT2D eigenvalue weighted by Gasteiger charge is -2.07. The van der Waals surface area contributed by atoms with E-state index in [4.69, 9.17) is 11.3 Å². The molecule has 0 unspecified atom stereocenters. The number of hydrogen-bond donors (Lipinski definition) is 1. The Morgan fingerprint density at radius 1 is 1.00 bits per heavy atom. The number of carboxylic acids is 1. The molecule has 156 valence electrons. The minimum atomic E-state index is -1.27. The van der Waals surface area contributed by atoms with Crippen LogP contribution in [0, 0.1) is 6.57 Å². The third-order valence-electron chi connectivity index (χ3n) is 4.77. The number of ether oxygens (including phenoxy) is 1. The van der Waals surface area contributed by atoms with Crippen molar-refractivity contribution in [3.8, 4) is 22.7 Å². The average Bonchev–Trinajstić information content (AvgIpc) is 3.26. The van der Waals surface area contributed by atoms with Gasteiger partial charge in [0, 0.05) is 17.3 Å². The highest BCUT2D eigenvalue weighted by Crippen LogP contribution is 2.28. The normalized spacial score (nSPS) is 11.0. The molecule has 0 aliphatic carbocycles. The zero-order valence-corrected chi connectivity index (χ0v) is 17.1. The van der Waals surface area contributed by atoms with Crippen molar-refractivity contribution in [3.63, 3.8) is 0 Å². The minimum Gasteiger partial charge on any atom is -0.489 e. The van der Waals surface area contributed by atoms with Gasteiger partial charge in [-0.05, 0) is 48.0 Å². The van der Waals surface area contributed by atoms with Gasteiger partial charge in [-0.3, -0.25) is 4.79 Å². The lowest BCUT2D eigenvalue weighted by molar-refractivity contribution is -0.132. The smallest absolute Gasteiger partial charge is 0.333 e. The van der Waals surface area contributed by atoms with Gasteiger partial charge in [-0.1, -0.05) is 48.5 Å². The summed E-state index contributed by atoms with van der Waals surface area (Å²) in [6, 6.07) is 26.8. The van der Waals surface area contributed by atoms with Crippen LogP contribution in [0.25, 0.3) is 27.9 Å². The molecule has 0 amide bonds. The zero-order valence-electron chi connectivity index (χ0n) is 17.1. The van der Waals surface area contributed by atoms with Gasteiger partial charge >= 0.3 is 5.97 Å². The molecule has 0 saturated heterocycles. The Bertz CT molecular complexity index is 1290. The molecule has 0 bridgehead atoms. The van der Waals surface area contributed by atoms with E-state index in [0.717, 1.165) is 16.8 Å². The molecule has 1 heterocycles. The summed E-state index contributed by atoms with van der Waals surface area (Å²) in [7, 11) is 0. The van der Waals surface area contributed by atoms with Crippen molar-refractivity contribution >= 4 is 12.0 Å². The van der Waals surface area contributed by atoms with Gasteiger partial charge in [-0.25, -0.2) is 9.53 Å². The first-order chi connectivity index (χ1) is 15.6. The van der Waals surface area contributed by atoms with E-state index in [9.17, 15) is 9.90 Å². The highest BCUT2D eigenvalue weighted by atomic mass is 16.5. The number of aliphatic carboxylic acids is 1. The van der Waals surface area contributed by atoms with Crippen LogP contribution in [-0.2, 0) is 11.4 Å². The summed E-state index contributed by atoms with van der Waals surface area (Å²) in [6.07, 6.45) is 3.07. The number of hydrogen-bond acceptors (Lipinski definition) is 3. The summed E-state index contributed by atoms with van der Waals surface area (Å²) in [4.78, 5) is 14.5. The first kappa shape index (κ1) is 20.6. The Labute approximate surface area is 185 Å². The van der Waals surface area contributed by atoms with E-state index in [1.807, 2.05) is 84.9 Å². The molecule has 4 rings (SSSR count). The molecule has 6 heteroatoms. The fourth-order valence-electron chi connectivity index (χ4n) is 3.17. The van der Waals surface area contributed by atoms with Crippen molar-refractivity contribution in [2.45, 2.75) is 6.61 Å². The monoisotopic (exact) mass is 421 g/mol. The van der Waals surface area contributed by atoms with Crippen molar-refractivity contribution in [1.82, 2.24) is 9.78 Å². The van der Waals surface area contributed by atoms with Crippen molar-refractivity contribution in [3.05, 3.63) is 119 Å². The largest absolute Gasteiger partial charge is 0.489 e. The van der Waals surface area contributed by atoms with Crippen LogP contribution in [-0.4, -0.2) is 20.9 Å². The SMILES string of the molecule is [C-]#[N+]/C(=C/c1cn(-c2ccccc2)nc1-c1ccc(OCc2ccccc2)cc1)C(=O)O. The van der Waals surface area contributed by atoms with Gasteiger partial charge in [0.05, 0.1) is 18.0 Å². The van der Waals surface area contributed by atoms with Gasteiger partial charge in [0.2, 0.25) is 0 Å². The van der Waals surface area contributed by atoms with Crippen molar-refractivity contribution in [2.24, 2.45) is 0 Å². The summed E-state index contributed by atoms with van der Waals surface area (Å²) in [5.41, 5.74) is 3.43. The van der Waals surface area contributed by atoms with E-state index in [1.54, 1.807) is 10.9 Å². The van der Waals surface area contributed by atoms with Gasteiger partial charge in [0.15, 0.2) is 0 Å². The van der Waals surface area contributed by atoms with Gasteiger partial charge in [0.1, 0.15) is 12.4 Å². The molecule has 0 spiro atoms. The molecular formula is C26H19N3O3. The fraction of sp³-hybridized carbons (Fsp3) is 0.0385. The summed E-state index contributed by atoms with van der Waals surface area (Å²) >= 11 is 0. The van der Waals surface area contributed by atoms with E-state index in [1.165, 1.54) is 6.08 Å². The standard InChI is InChI=1S/C26H19N3O3/c1-27-24(26(30)31)16-21-17-29(22-10-6-3-7-11-22)28-25(21)20-12-14-23(15-13-20)32-18-19-8-4-2-5-9-19/h2-17H,18H2,(H,30,31)/b24-16+. The Balaban J connectivity index is 1.66. The van der Waals surface area contributed by atoms with Crippen LogP contribution >= 0.6 is 0 Å². The predicted octanol–water partition coefficient (Wildman–Crippen LogP) is 5.46. The van der Waals surface area contributed by atoms with E-state index in [2.05, 4.69) is 9.94 Å². The number of para-hydroxylation sites is 1. The van der Waals surface area contributed by atoms with Crippen LogP contribution in [0.3, 0.4) is 0 Å². The zero-order chi connectivity index (χ0) is 22.3. The number of aromatic nitrogens is 2. The molecule has 0 atom stereocenters. The maximum Gasteiger partial charge on any atom is 0.333 e. The first-order valence-corrected chi connectivity index (χ1v) is 9.89. The lowest BCUT2D eigenvalue weighted by atomic mass is 10.1. The Morgan fingerprint density at radius 2 is 1.66 bits per heavy atom. The highest BCUT2D eigenvalue weighted by molar-refractivity contribution is 5.95. The van der Waals surface area contributed by atoms with Crippen molar-refractivity contribution < 1.29 is 14.6 Å². The van der Waals surface area contributed by atoms with Crippen LogP contribution in [0.1, 0.15) is 11.1 Å². The highest BCUT2D eigenvalue weighted by Gasteiger charge is 2.15. The molecule has 0 radical (unpaired) electrons. The molecule has 32 heavy (non-hydrogen) atoms. The van der Waals surface area contributed by atoms with Gasteiger partial charge in [0.25, 0.3) is 5.70 Å². The second-order valence-corrected chi connectivity index (χ2v) is 6.96. The molecule has 1 N–H and O–H groups in total. The molecule has 6 nitrogen and oxygen atoms in total. The van der Waals surface area contributed by atoms with Crippen molar-refractivity contribution in [1.29, 1.82) is 0 Å². The van der Waals surface area contributed by atoms with Gasteiger partial charge in [-0.15, -0.1) is 0 Å². The summed E-state index contributed by atoms with van der Waals surface area (Å²) in [5, 5.41) is 13.9. The number of carboxylic acid groups (broad SMARTS) is 1. The van der Waals surface area contributed by atoms with Gasteiger partial charge < -0.3 is 9.84 Å². The van der Waals surface area contributed by atoms with Crippen LogP contribution < -0.4 is 4.74 Å².